The minimum Gasteiger partial charge on any atom is -0.478 e. The highest BCUT2D eigenvalue weighted by Crippen LogP contribution is 2.31. The Morgan fingerprint density at radius 2 is 1.96 bits per heavy atom. The van der Waals surface area contributed by atoms with Crippen molar-refractivity contribution < 1.29 is 22.7 Å². The van der Waals surface area contributed by atoms with Crippen molar-refractivity contribution in [2.75, 3.05) is 4.72 Å². The van der Waals surface area contributed by atoms with Gasteiger partial charge in [0.05, 0.1) is 16.1 Å². The molecule has 126 valence electrons. The maximum absolute atomic E-state index is 13.4. The van der Waals surface area contributed by atoms with Crippen molar-refractivity contribution in [3.05, 3.63) is 58.4 Å². The summed E-state index contributed by atoms with van der Waals surface area (Å²) in [5.74, 6) is -1.73. The average molecular weight is 349 g/mol. The Balaban J connectivity index is 2.10. The summed E-state index contributed by atoms with van der Waals surface area (Å²) in [5, 5.41) is 9.21. The quantitative estimate of drug-likeness (QED) is 0.888. The van der Waals surface area contributed by atoms with E-state index in [1.807, 2.05) is 0 Å². The van der Waals surface area contributed by atoms with Crippen LogP contribution in [-0.4, -0.2) is 19.5 Å². The Labute approximate surface area is 139 Å². The number of benzene rings is 2. The fourth-order valence-electron chi connectivity index (χ4n) is 2.93. The third kappa shape index (κ3) is 2.99. The van der Waals surface area contributed by atoms with Crippen molar-refractivity contribution >= 4 is 21.7 Å². The van der Waals surface area contributed by atoms with Gasteiger partial charge in [-0.2, -0.15) is 0 Å². The molecule has 0 saturated heterocycles. The zero-order valence-corrected chi connectivity index (χ0v) is 13.8. The molecule has 3 rings (SSSR count). The molecule has 0 radical (unpaired) electrons. The molecule has 2 aromatic rings. The minimum atomic E-state index is -4.01. The lowest BCUT2D eigenvalue weighted by molar-refractivity contribution is 0.0696. The predicted octanol–water partition coefficient (Wildman–Crippen LogP) is 3.12. The van der Waals surface area contributed by atoms with Crippen molar-refractivity contribution in [2.45, 2.75) is 31.1 Å². The first kappa shape index (κ1) is 16.4. The summed E-state index contributed by atoms with van der Waals surface area (Å²) in [4.78, 5) is 11.2. The van der Waals surface area contributed by atoms with Gasteiger partial charge in [-0.25, -0.2) is 17.6 Å². The molecule has 0 bridgehead atoms. The van der Waals surface area contributed by atoms with E-state index in [2.05, 4.69) is 4.72 Å². The first-order valence-corrected chi connectivity index (χ1v) is 8.94. The Morgan fingerprint density at radius 3 is 2.67 bits per heavy atom. The number of aryl methyl sites for hydroxylation is 2. The highest BCUT2D eigenvalue weighted by Gasteiger charge is 2.26. The highest BCUT2D eigenvalue weighted by atomic mass is 32.2. The molecule has 7 heteroatoms. The number of hydrogen-bond donors (Lipinski definition) is 2. The van der Waals surface area contributed by atoms with E-state index >= 15 is 0 Å². The molecule has 0 aliphatic heterocycles. The van der Waals surface area contributed by atoms with Crippen LogP contribution in [0.15, 0.2) is 35.2 Å². The van der Waals surface area contributed by atoms with Gasteiger partial charge in [0.15, 0.2) is 0 Å². The molecule has 0 aromatic heterocycles. The van der Waals surface area contributed by atoms with Crippen molar-refractivity contribution in [3.63, 3.8) is 0 Å². The van der Waals surface area contributed by atoms with Crippen molar-refractivity contribution in [1.82, 2.24) is 0 Å². The zero-order valence-electron chi connectivity index (χ0n) is 13.0. The third-order valence-corrected chi connectivity index (χ3v) is 5.59. The second-order valence-corrected chi connectivity index (χ2v) is 7.49. The van der Waals surface area contributed by atoms with Crippen LogP contribution in [0.3, 0.4) is 0 Å². The number of anilines is 1. The van der Waals surface area contributed by atoms with Gasteiger partial charge in [-0.1, -0.05) is 6.07 Å². The second-order valence-electron chi connectivity index (χ2n) is 5.84. The van der Waals surface area contributed by atoms with Gasteiger partial charge in [0.1, 0.15) is 5.82 Å². The molecule has 1 aliphatic carbocycles. The number of sulfonamides is 1. The maximum Gasteiger partial charge on any atom is 0.335 e. The van der Waals surface area contributed by atoms with Gasteiger partial charge in [-0.3, -0.25) is 4.72 Å². The van der Waals surface area contributed by atoms with E-state index in [4.69, 9.17) is 0 Å². The fourth-order valence-corrected chi connectivity index (χ4v) is 4.39. The van der Waals surface area contributed by atoms with Crippen LogP contribution in [0.5, 0.6) is 0 Å². The number of fused-ring (bicyclic) bond motifs is 1. The first-order valence-electron chi connectivity index (χ1n) is 7.46. The molecule has 5 nitrogen and oxygen atoms in total. The molecule has 0 fully saturated rings. The second kappa shape index (κ2) is 5.90. The van der Waals surface area contributed by atoms with Gasteiger partial charge in [-0.15, -0.1) is 0 Å². The Kier molecular flexibility index (Phi) is 4.04. The molecule has 1 aliphatic rings. The Bertz CT molecular complexity index is 938. The standard InChI is InChI=1S/C17H16FNO4S/c1-10-5-6-13(18)9-15(10)19-24(22,23)16-8-12(17(20)21)7-11-3-2-4-14(11)16/h5-9,19H,2-4H2,1H3,(H,20,21). The molecule has 24 heavy (non-hydrogen) atoms. The largest absolute Gasteiger partial charge is 0.478 e. The van der Waals surface area contributed by atoms with Crippen LogP contribution in [0.2, 0.25) is 0 Å². The number of hydrogen-bond acceptors (Lipinski definition) is 3. The summed E-state index contributed by atoms with van der Waals surface area (Å²) >= 11 is 0. The molecule has 2 aromatic carbocycles. The molecule has 0 saturated carbocycles. The SMILES string of the molecule is Cc1ccc(F)cc1NS(=O)(=O)c1cc(C(=O)O)cc2c1CCC2. The lowest BCUT2D eigenvalue weighted by Crippen LogP contribution is -2.17. The van der Waals surface area contributed by atoms with Crippen LogP contribution < -0.4 is 4.72 Å². The van der Waals surface area contributed by atoms with E-state index in [-0.39, 0.29) is 16.1 Å². The average Bonchev–Trinajstić information content (AvgIpc) is 2.97. The molecular formula is C17H16FNO4S. The van der Waals surface area contributed by atoms with Crippen molar-refractivity contribution in [1.29, 1.82) is 0 Å². The molecule has 0 spiro atoms. The van der Waals surface area contributed by atoms with Crippen LogP contribution in [0.4, 0.5) is 10.1 Å². The van der Waals surface area contributed by atoms with Crippen LogP contribution in [0, 0.1) is 12.7 Å². The summed E-state index contributed by atoms with van der Waals surface area (Å²) in [6, 6.07) is 6.52. The summed E-state index contributed by atoms with van der Waals surface area (Å²) in [6.45, 7) is 1.66. The van der Waals surface area contributed by atoms with E-state index < -0.39 is 21.8 Å². The number of carboxylic acid groups (broad SMARTS) is 1. The zero-order chi connectivity index (χ0) is 17.5. The van der Waals surface area contributed by atoms with Crippen LogP contribution in [0.1, 0.15) is 33.5 Å². The summed E-state index contributed by atoms with van der Waals surface area (Å²) in [5.41, 5.74) is 2.04. The molecular weight excluding hydrogens is 333 g/mol. The molecule has 0 unspecified atom stereocenters. The third-order valence-electron chi connectivity index (χ3n) is 4.15. The van der Waals surface area contributed by atoms with Gasteiger partial charge < -0.3 is 5.11 Å². The number of carbonyl (C=O) groups is 1. The number of carboxylic acids is 1. The van der Waals surface area contributed by atoms with Gasteiger partial charge >= 0.3 is 5.97 Å². The van der Waals surface area contributed by atoms with E-state index in [1.54, 1.807) is 6.92 Å². The molecule has 2 N–H and O–H groups in total. The fraction of sp³-hybridized carbons (Fsp3) is 0.235. The monoisotopic (exact) mass is 349 g/mol. The Morgan fingerprint density at radius 1 is 1.21 bits per heavy atom. The minimum absolute atomic E-state index is 0.0430. The van der Waals surface area contributed by atoms with E-state index in [0.717, 1.165) is 18.1 Å². The molecule has 0 heterocycles. The van der Waals surface area contributed by atoms with Crippen molar-refractivity contribution in [3.8, 4) is 0 Å². The number of rotatable bonds is 4. The van der Waals surface area contributed by atoms with Gasteiger partial charge in [0.2, 0.25) is 0 Å². The number of halogens is 1. The first-order chi connectivity index (χ1) is 11.3. The van der Waals surface area contributed by atoms with Gasteiger partial charge in [0, 0.05) is 0 Å². The lowest BCUT2D eigenvalue weighted by atomic mass is 10.1. The van der Waals surface area contributed by atoms with Crippen molar-refractivity contribution in [2.24, 2.45) is 0 Å². The lowest BCUT2D eigenvalue weighted by Gasteiger charge is -2.14. The van der Waals surface area contributed by atoms with Gasteiger partial charge in [-0.05, 0) is 67.1 Å². The smallest absolute Gasteiger partial charge is 0.335 e. The highest BCUT2D eigenvalue weighted by molar-refractivity contribution is 7.92. The predicted molar refractivity (Wildman–Crippen MR) is 87.4 cm³/mol. The van der Waals surface area contributed by atoms with Crippen LogP contribution >= 0.6 is 0 Å². The van der Waals surface area contributed by atoms with E-state index in [1.165, 1.54) is 24.3 Å². The van der Waals surface area contributed by atoms with Crippen LogP contribution in [-0.2, 0) is 22.9 Å². The molecule has 0 amide bonds. The van der Waals surface area contributed by atoms with E-state index in [9.17, 15) is 22.7 Å². The summed E-state index contributed by atoms with van der Waals surface area (Å²) < 4.78 is 41.3. The number of aromatic carboxylic acids is 1. The summed E-state index contributed by atoms with van der Waals surface area (Å²) in [7, 11) is -4.01. The number of nitrogens with one attached hydrogen (secondary N) is 1. The van der Waals surface area contributed by atoms with Crippen LogP contribution in [0.25, 0.3) is 0 Å². The van der Waals surface area contributed by atoms with E-state index in [0.29, 0.717) is 24.0 Å². The van der Waals surface area contributed by atoms with Gasteiger partial charge in [0.25, 0.3) is 10.0 Å². The Hall–Kier alpha value is -2.41. The normalized spacial score (nSPS) is 13.6. The topological polar surface area (TPSA) is 83.5 Å². The summed E-state index contributed by atoms with van der Waals surface area (Å²) in [6.07, 6.45) is 2.01. The maximum atomic E-state index is 13.4. The molecule has 0 atom stereocenters.